The SMILES string of the molecule is CC(c1ccccc1)C1CCN(CC(O)COc2ccc3c(c2)N(C)C(=O)CC3)CC1. The smallest absolute Gasteiger partial charge is 0.227 e. The minimum Gasteiger partial charge on any atom is -0.491 e. The van der Waals surface area contributed by atoms with Crippen LogP contribution in [0.1, 0.15) is 43.2 Å². The predicted octanol–water partition coefficient (Wildman–Crippen LogP) is 3.85. The molecule has 2 aromatic rings. The van der Waals surface area contributed by atoms with E-state index < -0.39 is 6.10 Å². The highest BCUT2D eigenvalue weighted by Gasteiger charge is 2.26. The van der Waals surface area contributed by atoms with E-state index in [0.717, 1.165) is 38.0 Å². The number of likely N-dealkylation sites (tertiary alicyclic amines) is 1. The second-order valence-electron chi connectivity index (χ2n) is 9.05. The molecule has 1 fully saturated rings. The number of fused-ring (bicyclic) bond motifs is 1. The molecule has 0 aliphatic carbocycles. The molecular formula is C26H34N2O3. The van der Waals surface area contributed by atoms with Crippen LogP contribution in [0.2, 0.25) is 0 Å². The number of β-amino-alcohol motifs (C(OH)–C–C–N with tert-alkyl or cyclic N) is 1. The predicted molar refractivity (Wildman–Crippen MR) is 124 cm³/mol. The Balaban J connectivity index is 1.23. The third-order valence-corrected chi connectivity index (χ3v) is 6.98. The first-order valence-corrected chi connectivity index (χ1v) is 11.5. The maximum atomic E-state index is 11.9. The van der Waals surface area contributed by atoms with Crippen LogP contribution in [0, 0.1) is 5.92 Å². The molecule has 2 aromatic carbocycles. The van der Waals surface area contributed by atoms with E-state index in [4.69, 9.17) is 4.74 Å². The molecule has 4 rings (SSSR count). The van der Waals surface area contributed by atoms with Crippen LogP contribution in [-0.4, -0.2) is 55.3 Å². The van der Waals surface area contributed by atoms with Crippen molar-refractivity contribution >= 4 is 11.6 Å². The van der Waals surface area contributed by atoms with Gasteiger partial charge in [0.25, 0.3) is 0 Å². The van der Waals surface area contributed by atoms with E-state index in [0.29, 0.717) is 30.6 Å². The first-order valence-electron chi connectivity index (χ1n) is 11.5. The number of carbonyl (C=O) groups excluding carboxylic acids is 1. The van der Waals surface area contributed by atoms with Crippen LogP contribution in [0.3, 0.4) is 0 Å². The van der Waals surface area contributed by atoms with Crippen LogP contribution in [0.4, 0.5) is 5.69 Å². The number of benzene rings is 2. The Hall–Kier alpha value is -2.37. The third kappa shape index (κ3) is 5.28. The molecule has 166 valence electrons. The first kappa shape index (κ1) is 21.8. The third-order valence-electron chi connectivity index (χ3n) is 6.98. The van der Waals surface area contributed by atoms with E-state index in [2.05, 4.69) is 42.2 Å². The highest BCUT2D eigenvalue weighted by atomic mass is 16.5. The van der Waals surface area contributed by atoms with Crippen molar-refractivity contribution in [2.45, 2.75) is 44.6 Å². The molecule has 1 saturated heterocycles. The normalized spacial score (nSPS) is 19.7. The lowest BCUT2D eigenvalue weighted by Gasteiger charge is -2.36. The monoisotopic (exact) mass is 422 g/mol. The van der Waals surface area contributed by atoms with Gasteiger partial charge in [0.1, 0.15) is 18.5 Å². The Morgan fingerprint density at radius 2 is 1.84 bits per heavy atom. The van der Waals surface area contributed by atoms with E-state index in [1.165, 1.54) is 11.1 Å². The van der Waals surface area contributed by atoms with Gasteiger partial charge in [0.2, 0.25) is 5.91 Å². The fraction of sp³-hybridized carbons (Fsp3) is 0.500. The summed E-state index contributed by atoms with van der Waals surface area (Å²) in [6.07, 6.45) is 3.13. The van der Waals surface area contributed by atoms with Crippen molar-refractivity contribution in [3.05, 3.63) is 59.7 Å². The van der Waals surface area contributed by atoms with Gasteiger partial charge in [-0.15, -0.1) is 0 Å². The van der Waals surface area contributed by atoms with Crippen molar-refractivity contribution in [3.8, 4) is 5.75 Å². The fourth-order valence-corrected chi connectivity index (χ4v) is 4.91. The zero-order chi connectivity index (χ0) is 21.8. The van der Waals surface area contributed by atoms with Crippen molar-refractivity contribution in [1.29, 1.82) is 0 Å². The number of rotatable bonds is 7. The molecule has 2 atom stereocenters. The van der Waals surface area contributed by atoms with Crippen molar-refractivity contribution in [3.63, 3.8) is 0 Å². The molecule has 1 amide bonds. The molecule has 0 spiro atoms. The number of aliphatic hydroxyl groups is 1. The summed E-state index contributed by atoms with van der Waals surface area (Å²) < 4.78 is 5.86. The molecule has 5 nitrogen and oxygen atoms in total. The van der Waals surface area contributed by atoms with Gasteiger partial charge in [0.15, 0.2) is 0 Å². The van der Waals surface area contributed by atoms with Crippen molar-refractivity contribution in [2.75, 3.05) is 38.2 Å². The van der Waals surface area contributed by atoms with E-state index in [-0.39, 0.29) is 12.5 Å². The van der Waals surface area contributed by atoms with Crippen molar-refractivity contribution in [2.24, 2.45) is 5.92 Å². The fourth-order valence-electron chi connectivity index (χ4n) is 4.91. The highest BCUT2D eigenvalue weighted by Crippen LogP contribution is 2.33. The Morgan fingerprint density at radius 3 is 2.58 bits per heavy atom. The number of hydrogen-bond donors (Lipinski definition) is 1. The van der Waals surface area contributed by atoms with Gasteiger partial charge in [-0.3, -0.25) is 4.79 Å². The minimum atomic E-state index is -0.529. The topological polar surface area (TPSA) is 53.0 Å². The molecule has 2 heterocycles. The number of hydrogen-bond acceptors (Lipinski definition) is 4. The van der Waals surface area contributed by atoms with Gasteiger partial charge in [-0.25, -0.2) is 0 Å². The van der Waals surface area contributed by atoms with Gasteiger partial charge < -0.3 is 19.6 Å². The van der Waals surface area contributed by atoms with Crippen LogP contribution >= 0.6 is 0 Å². The van der Waals surface area contributed by atoms with Gasteiger partial charge in [-0.05, 0) is 61.4 Å². The number of aliphatic hydroxyl groups excluding tert-OH is 1. The highest BCUT2D eigenvalue weighted by molar-refractivity contribution is 5.96. The minimum absolute atomic E-state index is 0.134. The van der Waals surface area contributed by atoms with Gasteiger partial charge in [-0.2, -0.15) is 0 Å². The van der Waals surface area contributed by atoms with E-state index in [9.17, 15) is 9.90 Å². The van der Waals surface area contributed by atoms with Crippen LogP contribution in [0.15, 0.2) is 48.5 Å². The second kappa shape index (κ2) is 9.84. The summed E-state index contributed by atoms with van der Waals surface area (Å²) in [6.45, 7) is 5.27. The largest absolute Gasteiger partial charge is 0.491 e. The van der Waals surface area contributed by atoms with Crippen molar-refractivity contribution < 1.29 is 14.6 Å². The lowest BCUT2D eigenvalue weighted by Crippen LogP contribution is -2.41. The van der Waals surface area contributed by atoms with Crippen molar-refractivity contribution in [1.82, 2.24) is 4.90 Å². The lowest BCUT2D eigenvalue weighted by atomic mass is 9.81. The second-order valence-corrected chi connectivity index (χ2v) is 9.05. The molecular weight excluding hydrogens is 388 g/mol. The van der Waals surface area contributed by atoms with E-state index >= 15 is 0 Å². The molecule has 2 aliphatic rings. The van der Waals surface area contributed by atoms with E-state index in [1.807, 2.05) is 18.2 Å². The van der Waals surface area contributed by atoms with E-state index in [1.54, 1.807) is 11.9 Å². The lowest BCUT2D eigenvalue weighted by molar-refractivity contribution is -0.118. The van der Waals surface area contributed by atoms with Crippen LogP contribution < -0.4 is 9.64 Å². The molecule has 0 aromatic heterocycles. The number of ether oxygens (including phenoxy) is 1. The molecule has 2 aliphatic heterocycles. The molecule has 31 heavy (non-hydrogen) atoms. The average molecular weight is 423 g/mol. The molecule has 0 bridgehead atoms. The summed E-state index contributed by atoms with van der Waals surface area (Å²) in [5.74, 6) is 2.11. The Morgan fingerprint density at radius 1 is 1.10 bits per heavy atom. The summed E-state index contributed by atoms with van der Waals surface area (Å²) in [6, 6.07) is 16.6. The maximum Gasteiger partial charge on any atom is 0.227 e. The maximum absolute atomic E-state index is 11.9. The number of piperidine rings is 1. The van der Waals surface area contributed by atoms with Crippen LogP contribution in [-0.2, 0) is 11.2 Å². The molecule has 0 saturated carbocycles. The summed E-state index contributed by atoms with van der Waals surface area (Å²) in [5.41, 5.74) is 3.51. The Bertz CT molecular complexity index is 877. The first-order chi connectivity index (χ1) is 15.0. The summed E-state index contributed by atoms with van der Waals surface area (Å²) >= 11 is 0. The number of amides is 1. The number of carbonyl (C=O) groups is 1. The molecule has 2 unspecified atom stereocenters. The average Bonchev–Trinajstić information content (AvgIpc) is 2.81. The molecule has 5 heteroatoms. The van der Waals surface area contributed by atoms with Crippen LogP contribution in [0.5, 0.6) is 5.75 Å². The van der Waals surface area contributed by atoms with Gasteiger partial charge in [0, 0.05) is 26.1 Å². The van der Waals surface area contributed by atoms with Gasteiger partial charge in [-0.1, -0.05) is 43.3 Å². The summed E-state index contributed by atoms with van der Waals surface area (Å²) in [5, 5.41) is 10.5. The standard InChI is InChI=1S/C26H34N2O3/c1-19(20-6-4-3-5-7-20)21-12-14-28(15-13-21)17-23(29)18-31-24-10-8-22-9-11-26(30)27(2)25(22)16-24/h3-8,10,16,19,21,23,29H,9,11-15,17-18H2,1-2H3. The number of nitrogens with zero attached hydrogens (tertiary/aromatic N) is 2. The summed E-state index contributed by atoms with van der Waals surface area (Å²) in [4.78, 5) is 16.0. The molecule has 1 N–H and O–H groups in total. The molecule has 0 radical (unpaired) electrons. The summed E-state index contributed by atoms with van der Waals surface area (Å²) in [7, 11) is 1.81. The zero-order valence-corrected chi connectivity index (χ0v) is 18.7. The quantitative estimate of drug-likeness (QED) is 0.736. The number of anilines is 1. The van der Waals surface area contributed by atoms with Gasteiger partial charge >= 0.3 is 0 Å². The Labute approximate surface area is 185 Å². The van der Waals surface area contributed by atoms with Gasteiger partial charge in [0.05, 0.1) is 5.69 Å². The van der Waals surface area contributed by atoms with Crippen LogP contribution in [0.25, 0.3) is 0 Å². The number of aryl methyl sites for hydroxylation is 1. The Kier molecular flexibility index (Phi) is 6.93. The zero-order valence-electron chi connectivity index (χ0n) is 18.7.